The SMILES string of the molecule is CN=C(Cc1ccc(OC)c(OC)c1)SC. The molecule has 88 valence electrons. The van der Waals surface area contributed by atoms with Crippen LogP contribution in [0, 0.1) is 0 Å². The Labute approximate surface area is 101 Å². The van der Waals surface area contributed by atoms with E-state index in [1.165, 1.54) is 5.56 Å². The summed E-state index contributed by atoms with van der Waals surface area (Å²) in [7, 11) is 5.09. The molecule has 3 nitrogen and oxygen atoms in total. The Morgan fingerprint density at radius 2 is 1.94 bits per heavy atom. The molecule has 0 heterocycles. The van der Waals surface area contributed by atoms with Gasteiger partial charge < -0.3 is 9.47 Å². The van der Waals surface area contributed by atoms with Gasteiger partial charge in [-0.2, -0.15) is 0 Å². The van der Waals surface area contributed by atoms with Crippen molar-refractivity contribution in [1.82, 2.24) is 0 Å². The van der Waals surface area contributed by atoms with Crippen LogP contribution in [0.15, 0.2) is 23.2 Å². The molecule has 0 aliphatic rings. The van der Waals surface area contributed by atoms with E-state index in [0.29, 0.717) is 0 Å². The van der Waals surface area contributed by atoms with Gasteiger partial charge in [0, 0.05) is 13.5 Å². The lowest BCUT2D eigenvalue weighted by atomic mass is 10.1. The zero-order valence-electron chi connectivity index (χ0n) is 10.1. The number of hydrogen-bond donors (Lipinski definition) is 0. The molecule has 0 aliphatic heterocycles. The average Bonchev–Trinajstić information content (AvgIpc) is 2.35. The second kappa shape index (κ2) is 6.43. The molecule has 4 heteroatoms. The van der Waals surface area contributed by atoms with E-state index in [1.807, 2.05) is 31.5 Å². The standard InChI is InChI=1S/C12H17NO2S/c1-13-12(16-4)8-9-5-6-10(14-2)11(7-9)15-3/h5-7H,8H2,1-4H3. The minimum atomic E-state index is 0.755. The number of ether oxygens (including phenoxy) is 2. The predicted molar refractivity (Wildman–Crippen MR) is 70.1 cm³/mol. The molecule has 0 aliphatic carbocycles. The molecule has 0 unspecified atom stereocenters. The third-order valence-electron chi connectivity index (χ3n) is 2.29. The topological polar surface area (TPSA) is 30.8 Å². The molecule has 0 aromatic heterocycles. The van der Waals surface area contributed by atoms with Crippen molar-refractivity contribution < 1.29 is 9.47 Å². The van der Waals surface area contributed by atoms with E-state index in [2.05, 4.69) is 4.99 Å². The number of benzene rings is 1. The van der Waals surface area contributed by atoms with Crippen molar-refractivity contribution >= 4 is 16.8 Å². The van der Waals surface area contributed by atoms with E-state index in [0.717, 1.165) is 23.0 Å². The molecule has 0 fully saturated rings. The number of methoxy groups -OCH3 is 2. The summed E-state index contributed by atoms with van der Waals surface area (Å²) in [5, 5.41) is 1.10. The molecular formula is C12H17NO2S. The molecule has 0 bridgehead atoms. The number of nitrogens with zero attached hydrogens (tertiary/aromatic N) is 1. The summed E-state index contributed by atoms with van der Waals surface area (Å²) in [6.45, 7) is 0. The van der Waals surface area contributed by atoms with Crippen LogP contribution < -0.4 is 9.47 Å². The highest BCUT2D eigenvalue weighted by Crippen LogP contribution is 2.28. The van der Waals surface area contributed by atoms with Crippen LogP contribution >= 0.6 is 11.8 Å². The maximum absolute atomic E-state index is 5.25. The van der Waals surface area contributed by atoms with Gasteiger partial charge in [0.25, 0.3) is 0 Å². The number of aliphatic imine (C=N–C) groups is 1. The molecule has 1 rings (SSSR count). The average molecular weight is 239 g/mol. The Morgan fingerprint density at radius 3 is 2.44 bits per heavy atom. The fraction of sp³-hybridized carbons (Fsp3) is 0.417. The van der Waals surface area contributed by atoms with Crippen LogP contribution in [0.25, 0.3) is 0 Å². The lowest BCUT2D eigenvalue weighted by Crippen LogP contribution is -1.99. The first-order valence-corrected chi connectivity index (χ1v) is 6.18. The Kier molecular flexibility index (Phi) is 5.19. The van der Waals surface area contributed by atoms with Crippen LogP contribution in [-0.2, 0) is 6.42 Å². The van der Waals surface area contributed by atoms with E-state index in [9.17, 15) is 0 Å². The van der Waals surface area contributed by atoms with E-state index in [-0.39, 0.29) is 0 Å². The first-order valence-electron chi connectivity index (χ1n) is 4.95. The summed E-state index contributed by atoms with van der Waals surface area (Å²) in [5.74, 6) is 1.52. The van der Waals surface area contributed by atoms with Crippen molar-refractivity contribution in [1.29, 1.82) is 0 Å². The fourth-order valence-corrected chi connectivity index (χ4v) is 1.90. The van der Waals surface area contributed by atoms with Crippen LogP contribution in [0.1, 0.15) is 5.56 Å². The Hall–Kier alpha value is -1.16. The third-order valence-corrected chi connectivity index (χ3v) is 3.09. The van der Waals surface area contributed by atoms with Gasteiger partial charge in [-0.1, -0.05) is 6.07 Å². The van der Waals surface area contributed by atoms with Crippen molar-refractivity contribution in [2.45, 2.75) is 6.42 Å². The number of thioether (sulfide) groups is 1. The first-order chi connectivity index (χ1) is 7.74. The molecule has 16 heavy (non-hydrogen) atoms. The summed E-state index contributed by atoms with van der Waals surface area (Å²) >= 11 is 1.67. The molecule has 0 N–H and O–H groups in total. The zero-order valence-corrected chi connectivity index (χ0v) is 10.9. The monoisotopic (exact) mass is 239 g/mol. The van der Waals surface area contributed by atoms with E-state index in [1.54, 1.807) is 26.0 Å². The van der Waals surface area contributed by atoms with Crippen LogP contribution in [0.3, 0.4) is 0 Å². The Bertz CT molecular complexity index is 377. The van der Waals surface area contributed by atoms with Crippen LogP contribution in [0.2, 0.25) is 0 Å². The molecule has 0 saturated heterocycles. The Morgan fingerprint density at radius 1 is 1.25 bits per heavy atom. The fourth-order valence-electron chi connectivity index (χ4n) is 1.41. The lowest BCUT2D eigenvalue weighted by Gasteiger charge is -2.09. The Balaban J connectivity index is 2.90. The molecular weight excluding hydrogens is 222 g/mol. The van der Waals surface area contributed by atoms with Gasteiger partial charge in [-0.15, -0.1) is 11.8 Å². The summed E-state index contributed by atoms with van der Waals surface area (Å²) < 4.78 is 10.4. The number of rotatable bonds is 4. The lowest BCUT2D eigenvalue weighted by molar-refractivity contribution is 0.354. The molecule has 1 aromatic rings. The van der Waals surface area contributed by atoms with Gasteiger partial charge in [-0.3, -0.25) is 4.99 Å². The molecule has 0 saturated carbocycles. The first kappa shape index (κ1) is 12.9. The highest BCUT2D eigenvalue weighted by atomic mass is 32.2. The zero-order chi connectivity index (χ0) is 12.0. The molecule has 1 aromatic carbocycles. The third kappa shape index (κ3) is 3.17. The van der Waals surface area contributed by atoms with E-state index < -0.39 is 0 Å². The van der Waals surface area contributed by atoms with Crippen molar-refractivity contribution in [2.24, 2.45) is 4.99 Å². The van der Waals surface area contributed by atoms with E-state index >= 15 is 0 Å². The molecule has 0 atom stereocenters. The normalized spacial score (nSPS) is 11.4. The van der Waals surface area contributed by atoms with Crippen LogP contribution in [-0.4, -0.2) is 32.6 Å². The van der Waals surface area contributed by atoms with Gasteiger partial charge in [0.1, 0.15) is 0 Å². The maximum atomic E-state index is 5.25. The quantitative estimate of drug-likeness (QED) is 0.598. The maximum Gasteiger partial charge on any atom is 0.160 e. The largest absolute Gasteiger partial charge is 0.493 e. The van der Waals surface area contributed by atoms with Gasteiger partial charge in [0.2, 0.25) is 0 Å². The molecule has 0 amide bonds. The minimum Gasteiger partial charge on any atom is -0.493 e. The van der Waals surface area contributed by atoms with Crippen molar-refractivity contribution in [2.75, 3.05) is 27.5 Å². The highest BCUT2D eigenvalue weighted by Gasteiger charge is 2.06. The summed E-state index contributed by atoms with van der Waals surface area (Å²) in [4.78, 5) is 4.21. The van der Waals surface area contributed by atoms with Gasteiger partial charge in [-0.05, 0) is 24.0 Å². The van der Waals surface area contributed by atoms with Crippen LogP contribution in [0.4, 0.5) is 0 Å². The van der Waals surface area contributed by atoms with Crippen molar-refractivity contribution in [3.63, 3.8) is 0 Å². The van der Waals surface area contributed by atoms with Gasteiger partial charge in [0.05, 0.1) is 19.3 Å². The van der Waals surface area contributed by atoms with Gasteiger partial charge in [-0.25, -0.2) is 0 Å². The second-order valence-corrected chi connectivity index (χ2v) is 4.07. The van der Waals surface area contributed by atoms with Crippen LogP contribution in [0.5, 0.6) is 11.5 Å². The molecule has 0 radical (unpaired) electrons. The smallest absolute Gasteiger partial charge is 0.160 e. The second-order valence-electron chi connectivity index (χ2n) is 3.19. The summed E-state index contributed by atoms with van der Waals surface area (Å²) in [5.41, 5.74) is 1.17. The van der Waals surface area contributed by atoms with Gasteiger partial charge in [0.15, 0.2) is 11.5 Å². The highest BCUT2D eigenvalue weighted by molar-refractivity contribution is 8.13. The summed E-state index contributed by atoms with van der Waals surface area (Å²) in [6.07, 6.45) is 2.86. The number of hydrogen-bond acceptors (Lipinski definition) is 4. The van der Waals surface area contributed by atoms with E-state index in [4.69, 9.17) is 9.47 Å². The summed E-state index contributed by atoms with van der Waals surface area (Å²) in [6, 6.07) is 5.94. The van der Waals surface area contributed by atoms with Crippen molar-refractivity contribution in [3.05, 3.63) is 23.8 Å². The minimum absolute atomic E-state index is 0.755. The van der Waals surface area contributed by atoms with Gasteiger partial charge >= 0.3 is 0 Å². The van der Waals surface area contributed by atoms with Crippen molar-refractivity contribution in [3.8, 4) is 11.5 Å². The predicted octanol–water partition coefficient (Wildman–Crippen LogP) is 2.64. The molecule has 0 spiro atoms.